The highest BCUT2D eigenvalue weighted by molar-refractivity contribution is 5.88. The molecule has 0 aromatic rings. The van der Waals surface area contributed by atoms with Gasteiger partial charge in [-0.1, -0.05) is 39.8 Å². The molecule has 0 unspecified atom stereocenters. The number of amides is 5. The van der Waals surface area contributed by atoms with Gasteiger partial charge in [0.2, 0.25) is 29.5 Å². The van der Waals surface area contributed by atoms with Gasteiger partial charge in [0.15, 0.2) is 0 Å². The molecule has 0 radical (unpaired) electrons. The maximum absolute atomic E-state index is 10.6. The molecule has 278 valence electrons. The normalized spacial score (nSPS) is 8.77. The standard InChI is InChI=1S/C8H15NO2.2C7H13NO2.C6H11NO2.C5H9NO2/c1-3-6-11-7-5-9-8(10)4-2;1-3-7(9)8-5-4-6-10-2;1-3-7(9)8-5-6-10-4-2;1-3-6(8)7-4-5-9-2;1-2-5(8)6-3-4-7/h4H,2-3,5-7H2,1H3,(H,9,10);2*3H,1,4-6H2,2H3,(H,8,9);3H,1,4-5H2,2H3,(H,7,8);2,7H,1,3-4H2,(H,6,8). The number of hydrogen-bond donors (Lipinski definition) is 6. The molecule has 0 aliphatic carbocycles. The highest BCUT2D eigenvalue weighted by atomic mass is 16.5. The molecule has 0 aromatic heterocycles. The van der Waals surface area contributed by atoms with Gasteiger partial charge >= 0.3 is 0 Å². The molecule has 0 rings (SSSR count). The molecular weight excluding hydrogens is 626 g/mol. The van der Waals surface area contributed by atoms with Gasteiger partial charge in [-0.15, -0.1) is 0 Å². The van der Waals surface area contributed by atoms with Gasteiger partial charge < -0.3 is 50.6 Å². The molecule has 0 atom stereocenters. The van der Waals surface area contributed by atoms with E-state index in [1.807, 2.05) is 13.8 Å². The van der Waals surface area contributed by atoms with Crippen LogP contribution < -0.4 is 26.6 Å². The summed E-state index contributed by atoms with van der Waals surface area (Å²) in [6, 6.07) is 0. The summed E-state index contributed by atoms with van der Waals surface area (Å²) >= 11 is 0. The number of carbonyl (C=O) groups excluding carboxylic acids is 5. The molecule has 6 N–H and O–H groups in total. The van der Waals surface area contributed by atoms with Gasteiger partial charge in [-0.2, -0.15) is 0 Å². The van der Waals surface area contributed by atoms with Crippen molar-refractivity contribution in [2.45, 2.75) is 26.7 Å². The van der Waals surface area contributed by atoms with E-state index < -0.39 is 0 Å². The number of nitrogens with one attached hydrogen (secondary N) is 5. The molecule has 0 aliphatic heterocycles. The Morgan fingerprint density at radius 2 is 0.875 bits per heavy atom. The van der Waals surface area contributed by atoms with Crippen LogP contribution in [-0.4, -0.2) is 128 Å². The Hall–Kier alpha value is -4.15. The second kappa shape index (κ2) is 49.7. The minimum Gasteiger partial charge on any atom is -0.395 e. The minimum absolute atomic E-state index is 0.0282. The molecule has 15 heteroatoms. The number of aliphatic hydroxyl groups excluding tert-OH is 1. The second-order valence-corrected chi connectivity index (χ2v) is 8.35. The molecule has 0 aromatic carbocycles. The van der Waals surface area contributed by atoms with Crippen LogP contribution in [0, 0.1) is 0 Å². The monoisotopic (exact) mass is 687 g/mol. The van der Waals surface area contributed by atoms with Crippen molar-refractivity contribution in [3.63, 3.8) is 0 Å². The first-order valence-corrected chi connectivity index (χ1v) is 15.3. The minimum atomic E-state index is -0.251. The van der Waals surface area contributed by atoms with Crippen LogP contribution in [0.15, 0.2) is 63.3 Å². The summed E-state index contributed by atoms with van der Waals surface area (Å²) in [4.78, 5) is 52.2. The highest BCUT2D eigenvalue weighted by Crippen LogP contribution is 1.78. The van der Waals surface area contributed by atoms with Crippen molar-refractivity contribution in [2.24, 2.45) is 0 Å². The molecular formula is C33H61N5O10. The predicted octanol–water partition coefficient (Wildman–Crippen LogP) is 0.581. The molecule has 15 nitrogen and oxygen atoms in total. The first-order valence-electron chi connectivity index (χ1n) is 15.3. The van der Waals surface area contributed by atoms with Gasteiger partial charge in [0, 0.05) is 66.8 Å². The SMILES string of the molecule is C=CC(=O)NCCCOC.C=CC(=O)NCCO.C=CC(=O)NCCOC.C=CC(=O)NCCOCC.C=CC(=O)NCCOCCC. The van der Waals surface area contributed by atoms with E-state index in [0.717, 1.165) is 25.5 Å². The van der Waals surface area contributed by atoms with E-state index in [4.69, 9.17) is 19.3 Å². The quantitative estimate of drug-likeness (QED) is 0.0652. The third-order valence-corrected chi connectivity index (χ3v) is 4.41. The number of rotatable bonds is 23. The first kappa shape index (κ1) is 53.3. The van der Waals surface area contributed by atoms with Crippen molar-refractivity contribution in [2.75, 3.05) is 93.2 Å². The van der Waals surface area contributed by atoms with Crippen LogP contribution in [0.1, 0.15) is 26.7 Å². The third-order valence-electron chi connectivity index (χ3n) is 4.41. The van der Waals surface area contributed by atoms with Crippen molar-refractivity contribution < 1.29 is 48.0 Å². The van der Waals surface area contributed by atoms with Crippen molar-refractivity contribution in [3.05, 3.63) is 63.3 Å². The van der Waals surface area contributed by atoms with E-state index in [1.54, 1.807) is 14.2 Å². The molecule has 0 saturated heterocycles. The third kappa shape index (κ3) is 60.9. The smallest absolute Gasteiger partial charge is 0.243 e. The summed E-state index contributed by atoms with van der Waals surface area (Å²) in [6.07, 6.45) is 8.00. The molecule has 48 heavy (non-hydrogen) atoms. The van der Waals surface area contributed by atoms with Crippen LogP contribution in [0.2, 0.25) is 0 Å². The lowest BCUT2D eigenvalue weighted by molar-refractivity contribution is -0.117. The van der Waals surface area contributed by atoms with Crippen LogP contribution in [-0.2, 0) is 42.9 Å². The van der Waals surface area contributed by atoms with Gasteiger partial charge in [0.1, 0.15) is 0 Å². The zero-order chi connectivity index (χ0) is 37.7. The van der Waals surface area contributed by atoms with Crippen LogP contribution in [0.5, 0.6) is 0 Å². The lowest BCUT2D eigenvalue weighted by Crippen LogP contribution is -2.25. The Morgan fingerprint density at radius 1 is 0.521 bits per heavy atom. The van der Waals surface area contributed by atoms with E-state index in [9.17, 15) is 24.0 Å². The first-order chi connectivity index (χ1) is 23.0. The van der Waals surface area contributed by atoms with E-state index in [1.165, 1.54) is 24.3 Å². The van der Waals surface area contributed by atoms with E-state index in [0.29, 0.717) is 65.8 Å². The van der Waals surface area contributed by atoms with Crippen LogP contribution in [0.4, 0.5) is 0 Å². The van der Waals surface area contributed by atoms with Gasteiger partial charge in [-0.05, 0) is 50.1 Å². The molecule has 0 heterocycles. The van der Waals surface area contributed by atoms with Crippen molar-refractivity contribution >= 4 is 29.5 Å². The molecule has 5 amide bonds. The number of ether oxygens (including phenoxy) is 4. The second-order valence-electron chi connectivity index (χ2n) is 8.35. The van der Waals surface area contributed by atoms with E-state index in [2.05, 4.69) is 64.2 Å². The summed E-state index contributed by atoms with van der Waals surface area (Å²) in [5, 5.41) is 20.9. The van der Waals surface area contributed by atoms with Crippen LogP contribution >= 0.6 is 0 Å². The number of aliphatic hydroxyl groups is 1. The Bertz CT molecular complexity index is 827. The average Bonchev–Trinajstić information content (AvgIpc) is 3.11. The fourth-order valence-corrected chi connectivity index (χ4v) is 2.13. The van der Waals surface area contributed by atoms with Gasteiger partial charge in [-0.25, -0.2) is 0 Å². The fourth-order valence-electron chi connectivity index (χ4n) is 2.13. The zero-order valence-corrected chi connectivity index (χ0v) is 29.4. The average molecular weight is 688 g/mol. The Balaban J connectivity index is -0.000000161. The summed E-state index contributed by atoms with van der Waals surface area (Å²) in [5.74, 6) is -0.841. The highest BCUT2D eigenvalue weighted by Gasteiger charge is 1.93. The fraction of sp³-hybridized carbons (Fsp3) is 0.545. The molecule has 0 saturated carbocycles. The Morgan fingerprint density at radius 3 is 1.21 bits per heavy atom. The zero-order valence-electron chi connectivity index (χ0n) is 29.4. The number of methoxy groups -OCH3 is 2. The van der Waals surface area contributed by atoms with Crippen LogP contribution in [0.25, 0.3) is 0 Å². The molecule has 0 aliphatic rings. The summed E-state index contributed by atoms with van der Waals surface area (Å²) in [5.41, 5.74) is 0. The van der Waals surface area contributed by atoms with E-state index in [-0.39, 0.29) is 36.1 Å². The number of carbonyl (C=O) groups is 5. The van der Waals surface area contributed by atoms with Crippen LogP contribution in [0.3, 0.4) is 0 Å². The van der Waals surface area contributed by atoms with Gasteiger partial charge in [0.25, 0.3) is 0 Å². The maximum Gasteiger partial charge on any atom is 0.243 e. The van der Waals surface area contributed by atoms with Crippen molar-refractivity contribution in [1.29, 1.82) is 0 Å². The predicted molar refractivity (Wildman–Crippen MR) is 189 cm³/mol. The topological polar surface area (TPSA) is 203 Å². The Labute approximate surface area is 287 Å². The molecule has 0 spiro atoms. The van der Waals surface area contributed by atoms with Crippen molar-refractivity contribution in [1.82, 2.24) is 26.6 Å². The van der Waals surface area contributed by atoms with E-state index >= 15 is 0 Å². The summed E-state index contributed by atoms with van der Waals surface area (Å²) in [6.45, 7) is 26.8. The maximum atomic E-state index is 10.6. The lowest BCUT2D eigenvalue weighted by atomic mass is 10.4. The largest absolute Gasteiger partial charge is 0.395 e. The van der Waals surface area contributed by atoms with Gasteiger partial charge in [0.05, 0.1) is 26.4 Å². The lowest BCUT2D eigenvalue weighted by Gasteiger charge is -2.02. The number of hydrogen-bond acceptors (Lipinski definition) is 10. The van der Waals surface area contributed by atoms with Gasteiger partial charge in [-0.3, -0.25) is 24.0 Å². The molecule has 0 fully saturated rings. The molecule has 0 bridgehead atoms. The Kier molecular flexibility index (Phi) is 55.3. The summed E-state index contributed by atoms with van der Waals surface area (Å²) < 4.78 is 19.6. The van der Waals surface area contributed by atoms with Crippen molar-refractivity contribution in [3.8, 4) is 0 Å². The summed E-state index contributed by atoms with van der Waals surface area (Å²) in [7, 11) is 3.22.